The molecular formula is C20H20ClN3O3S. The molecule has 3 heterocycles. The zero-order valence-corrected chi connectivity index (χ0v) is 16.7. The van der Waals surface area contributed by atoms with E-state index in [4.69, 9.17) is 16.3 Å². The van der Waals surface area contributed by atoms with Crippen LogP contribution in [0.3, 0.4) is 0 Å². The van der Waals surface area contributed by atoms with Crippen LogP contribution in [0.25, 0.3) is 0 Å². The maximum absolute atomic E-state index is 12.5. The number of benzene rings is 1. The predicted molar refractivity (Wildman–Crippen MR) is 110 cm³/mol. The molecule has 28 heavy (non-hydrogen) atoms. The lowest BCUT2D eigenvalue weighted by Crippen LogP contribution is -2.37. The third-order valence-corrected chi connectivity index (χ3v) is 6.16. The first-order valence-corrected chi connectivity index (χ1v) is 10.7. The fourth-order valence-electron chi connectivity index (χ4n) is 3.30. The van der Waals surface area contributed by atoms with Crippen molar-refractivity contribution in [2.75, 3.05) is 23.0 Å². The van der Waals surface area contributed by atoms with E-state index in [9.17, 15) is 9.59 Å². The number of anilines is 1. The van der Waals surface area contributed by atoms with Gasteiger partial charge in [-0.3, -0.25) is 9.59 Å². The maximum Gasteiger partial charge on any atom is 0.253 e. The quantitative estimate of drug-likeness (QED) is 0.809. The first-order valence-electron chi connectivity index (χ1n) is 9.16. The molecule has 2 fully saturated rings. The van der Waals surface area contributed by atoms with Crippen LogP contribution < -0.4 is 15.0 Å². The van der Waals surface area contributed by atoms with E-state index < -0.39 is 0 Å². The van der Waals surface area contributed by atoms with Gasteiger partial charge in [0.25, 0.3) is 5.91 Å². The standard InChI is InChI=1S/C20H20ClN3O3S/c21-14-2-4-16(5-3-14)24-11-15(9-19(24)25)23-20(26)13-1-6-18(22-10-13)27-17-7-8-28-12-17/h1-6,10,15,17H,7-9,11-12H2,(H,23,26). The van der Waals surface area contributed by atoms with Crippen LogP contribution in [0.1, 0.15) is 23.2 Å². The van der Waals surface area contributed by atoms with Gasteiger partial charge in [0.05, 0.1) is 11.6 Å². The lowest BCUT2D eigenvalue weighted by atomic mass is 10.2. The molecule has 2 aliphatic rings. The number of pyridine rings is 1. The summed E-state index contributed by atoms with van der Waals surface area (Å²) >= 11 is 7.77. The minimum Gasteiger partial charge on any atom is -0.473 e. The van der Waals surface area contributed by atoms with Crippen molar-refractivity contribution in [1.29, 1.82) is 0 Å². The van der Waals surface area contributed by atoms with Crippen LogP contribution in [0.2, 0.25) is 5.02 Å². The second kappa shape index (κ2) is 8.41. The topological polar surface area (TPSA) is 71.5 Å². The molecule has 2 saturated heterocycles. The summed E-state index contributed by atoms with van der Waals surface area (Å²) in [7, 11) is 0. The van der Waals surface area contributed by atoms with E-state index in [0.717, 1.165) is 23.6 Å². The molecule has 2 aliphatic heterocycles. The SMILES string of the molecule is O=C(NC1CC(=O)N(c2ccc(Cl)cc2)C1)c1ccc(OC2CCSC2)nc1. The summed E-state index contributed by atoms with van der Waals surface area (Å²) in [5.41, 5.74) is 1.23. The summed E-state index contributed by atoms with van der Waals surface area (Å²) < 4.78 is 5.80. The van der Waals surface area contributed by atoms with Crippen molar-refractivity contribution in [3.8, 4) is 5.88 Å². The third kappa shape index (κ3) is 4.42. The Bertz CT molecular complexity index is 854. The number of nitrogens with zero attached hydrogens (tertiary/aromatic N) is 2. The van der Waals surface area contributed by atoms with Gasteiger partial charge in [0.2, 0.25) is 11.8 Å². The van der Waals surface area contributed by atoms with Gasteiger partial charge in [-0.15, -0.1) is 0 Å². The van der Waals surface area contributed by atoms with Crippen molar-refractivity contribution in [1.82, 2.24) is 10.3 Å². The molecule has 0 spiro atoms. The number of ether oxygens (including phenoxy) is 1. The fourth-order valence-corrected chi connectivity index (χ4v) is 4.52. The molecule has 1 aromatic carbocycles. The Kier molecular flexibility index (Phi) is 5.73. The summed E-state index contributed by atoms with van der Waals surface area (Å²) in [6.45, 7) is 0.431. The molecule has 1 N–H and O–H groups in total. The molecule has 2 unspecified atom stereocenters. The van der Waals surface area contributed by atoms with E-state index in [0.29, 0.717) is 23.0 Å². The molecule has 1 aromatic heterocycles. The number of halogens is 1. The number of aromatic nitrogens is 1. The van der Waals surface area contributed by atoms with E-state index >= 15 is 0 Å². The minimum absolute atomic E-state index is 0.0241. The summed E-state index contributed by atoms with van der Waals surface area (Å²) in [6, 6.07) is 10.3. The van der Waals surface area contributed by atoms with Crippen LogP contribution >= 0.6 is 23.4 Å². The van der Waals surface area contributed by atoms with Crippen LogP contribution in [0.5, 0.6) is 5.88 Å². The average molecular weight is 418 g/mol. The summed E-state index contributed by atoms with van der Waals surface area (Å²) in [5, 5.41) is 3.54. The number of thioether (sulfide) groups is 1. The Morgan fingerprint density at radius 2 is 2.07 bits per heavy atom. The largest absolute Gasteiger partial charge is 0.473 e. The Labute approximate surface area is 172 Å². The molecule has 0 aliphatic carbocycles. The van der Waals surface area contributed by atoms with E-state index in [1.165, 1.54) is 6.20 Å². The molecule has 146 valence electrons. The molecule has 2 atom stereocenters. The van der Waals surface area contributed by atoms with E-state index in [2.05, 4.69) is 10.3 Å². The van der Waals surface area contributed by atoms with E-state index in [-0.39, 0.29) is 30.4 Å². The highest BCUT2D eigenvalue weighted by atomic mass is 35.5. The van der Waals surface area contributed by atoms with Crippen molar-refractivity contribution in [3.05, 3.63) is 53.2 Å². The van der Waals surface area contributed by atoms with Gasteiger partial charge < -0.3 is 15.0 Å². The second-order valence-electron chi connectivity index (χ2n) is 6.84. The monoisotopic (exact) mass is 417 g/mol. The van der Waals surface area contributed by atoms with Crippen molar-refractivity contribution in [2.45, 2.75) is 25.0 Å². The fraction of sp³-hybridized carbons (Fsp3) is 0.350. The molecule has 0 saturated carbocycles. The third-order valence-electron chi connectivity index (χ3n) is 4.77. The Hall–Kier alpha value is -2.25. The lowest BCUT2D eigenvalue weighted by molar-refractivity contribution is -0.117. The van der Waals surface area contributed by atoms with Gasteiger partial charge in [-0.25, -0.2) is 4.98 Å². The zero-order chi connectivity index (χ0) is 19.5. The van der Waals surface area contributed by atoms with Gasteiger partial charge in [0.1, 0.15) is 6.10 Å². The Morgan fingerprint density at radius 3 is 2.75 bits per heavy atom. The molecule has 2 aromatic rings. The molecule has 0 radical (unpaired) electrons. The number of hydrogen-bond acceptors (Lipinski definition) is 5. The highest BCUT2D eigenvalue weighted by molar-refractivity contribution is 7.99. The van der Waals surface area contributed by atoms with Crippen LogP contribution in [-0.2, 0) is 4.79 Å². The summed E-state index contributed by atoms with van der Waals surface area (Å²) in [4.78, 5) is 30.7. The van der Waals surface area contributed by atoms with Gasteiger partial charge in [-0.05, 0) is 42.5 Å². The highest BCUT2D eigenvalue weighted by Gasteiger charge is 2.31. The van der Waals surface area contributed by atoms with Gasteiger partial charge in [0, 0.05) is 41.7 Å². The lowest BCUT2D eigenvalue weighted by Gasteiger charge is -2.17. The number of rotatable bonds is 5. The first kappa shape index (κ1) is 19.1. The molecular weight excluding hydrogens is 398 g/mol. The average Bonchev–Trinajstić information content (AvgIpc) is 3.32. The molecule has 8 heteroatoms. The smallest absolute Gasteiger partial charge is 0.253 e. The van der Waals surface area contributed by atoms with Crippen molar-refractivity contribution in [2.24, 2.45) is 0 Å². The van der Waals surface area contributed by atoms with Crippen molar-refractivity contribution < 1.29 is 14.3 Å². The van der Waals surface area contributed by atoms with E-state index in [1.807, 2.05) is 11.8 Å². The summed E-state index contributed by atoms with van der Waals surface area (Å²) in [6.07, 6.45) is 3.00. The predicted octanol–water partition coefficient (Wildman–Crippen LogP) is 3.15. The van der Waals surface area contributed by atoms with Gasteiger partial charge >= 0.3 is 0 Å². The zero-order valence-electron chi connectivity index (χ0n) is 15.1. The normalized spacial score (nSPS) is 21.8. The van der Waals surface area contributed by atoms with Crippen molar-refractivity contribution in [3.63, 3.8) is 0 Å². The second-order valence-corrected chi connectivity index (χ2v) is 8.43. The van der Waals surface area contributed by atoms with Crippen LogP contribution in [0.15, 0.2) is 42.6 Å². The number of carbonyl (C=O) groups excluding carboxylic acids is 2. The first-order chi connectivity index (χ1) is 13.6. The number of hydrogen-bond donors (Lipinski definition) is 1. The number of nitrogens with one attached hydrogen (secondary N) is 1. The van der Waals surface area contributed by atoms with E-state index in [1.54, 1.807) is 41.3 Å². The number of amides is 2. The number of carbonyl (C=O) groups is 2. The molecule has 4 rings (SSSR count). The van der Waals surface area contributed by atoms with Gasteiger partial charge in [-0.1, -0.05) is 11.6 Å². The maximum atomic E-state index is 12.5. The van der Waals surface area contributed by atoms with Gasteiger partial charge in [0.15, 0.2) is 0 Å². The molecule has 2 amide bonds. The van der Waals surface area contributed by atoms with Gasteiger partial charge in [-0.2, -0.15) is 11.8 Å². The minimum atomic E-state index is -0.248. The van der Waals surface area contributed by atoms with Crippen LogP contribution in [-0.4, -0.2) is 47.0 Å². The van der Waals surface area contributed by atoms with Crippen molar-refractivity contribution >= 4 is 40.9 Å². The van der Waals surface area contributed by atoms with Crippen LogP contribution in [0.4, 0.5) is 5.69 Å². The molecule has 6 nitrogen and oxygen atoms in total. The molecule has 0 bridgehead atoms. The highest BCUT2D eigenvalue weighted by Crippen LogP contribution is 2.24. The Balaban J connectivity index is 1.34. The van der Waals surface area contributed by atoms with Crippen LogP contribution in [0, 0.1) is 0 Å². The Morgan fingerprint density at radius 1 is 1.25 bits per heavy atom. The summed E-state index contributed by atoms with van der Waals surface area (Å²) in [5.74, 6) is 2.35.